The number of hydrogen-bond acceptors (Lipinski definition) is 8. The third-order valence-electron chi connectivity index (χ3n) is 4.11. The average molecular weight is 434 g/mol. The van der Waals surface area contributed by atoms with Crippen LogP contribution in [0.5, 0.6) is 0 Å². The van der Waals surface area contributed by atoms with Crippen molar-refractivity contribution in [3.8, 4) is 11.4 Å². The second-order valence-corrected chi connectivity index (χ2v) is 6.49. The van der Waals surface area contributed by atoms with Gasteiger partial charge in [-0.3, -0.25) is 10.6 Å². The highest BCUT2D eigenvalue weighted by atomic mass is 16.6. The van der Waals surface area contributed by atoms with Crippen molar-refractivity contribution in [2.45, 2.75) is 13.2 Å². The number of nitrogens with zero attached hydrogens (tertiary/aromatic N) is 2. The van der Waals surface area contributed by atoms with E-state index in [-0.39, 0.29) is 13.2 Å². The van der Waals surface area contributed by atoms with Crippen LogP contribution in [0.15, 0.2) is 81.8 Å². The number of carbonyl (C=O) groups is 2. The minimum absolute atomic E-state index is 0.112. The van der Waals surface area contributed by atoms with Gasteiger partial charge >= 0.3 is 12.2 Å². The van der Waals surface area contributed by atoms with Crippen molar-refractivity contribution in [1.82, 2.24) is 10.3 Å². The SMILES string of the molecule is O=C(Nc1ccccc1)OCc1cc(-c2cc(COC(=O)Nc3ccccc3)on2)no1. The Bertz CT molecular complexity index is 1080. The highest BCUT2D eigenvalue weighted by Crippen LogP contribution is 2.20. The molecule has 0 saturated carbocycles. The minimum atomic E-state index is -0.621. The molecule has 4 rings (SSSR count). The smallest absolute Gasteiger partial charge is 0.412 e. The van der Waals surface area contributed by atoms with Gasteiger partial charge in [-0.05, 0) is 24.3 Å². The van der Waals surface area contributed by atoms with E-state index >= 15 is 0 Å². The molecule has 0 spiro atoms. The fraction of sp³-hybridized carbons (Fsp3) is 0.0909. The van der Waals surface area contributed by atoms with Crippen LogP contribution in [0.4, 0.5) is 21.0 Å². The van der Waals surface area contributed by atoms with Crippen LogP contribution in [0.3, 0.4) is 0 Å². The summed E-state index contributed by atoms with van der Waals surface area (Å²) in [5.41, 5.74) is 2.00. The van der Waals surface area contributed by atoms with Crippen LogP contribution >= 0.6 is 0 Å². The average Bonchev–Trinajstić information content (AvgIpc) is 3.47. The predicted octanol–water partition coefficient (Wildman–Crippen LogP) is 4.83. The molecule has 2 aromatic heterocycles. The van der Waals surface area contributed by atoms with Crippen molar-refractivity contribution in [2.24, 2.45) is 0 Å². The quantitative estimate of drug-likeness (QED) is 0.423. The van der Waals surface area contributed by atoms with Crippen molar-refractivity contribution in [1.29, 1.82) is 0 Å². The third kappa shape index (κ3) is 5.72. The summed E-state index contributed by atoms with van der Waals surface area (Å²) in [5, 5.41) is 13.0. The van der Waals surface area contributed by atoms with Crippen molar-refractivity contribution < 1.29 is 28.1 Å². The van der Waals surface area contributed by atoms with E-state index < -0.39 is 12.2 Å². The van der Waals surface area contributed by atoms with Crippen LogP contribution in [0.2, 0.25) is 0 Å². The zero-order valence-electron chi connectivity index (χ0n) is 16.7. The lowest BCUT2D eigenvalue weighted by molar-refractivity contribution is 0.141. The van der Waals surface area contributed by atoms with Crippen LogP contribution in [0.25, 0.3) is 11.4 Å². The summed E-state index contributed by atoms with van der Waals surface area (Å²) in [7, 11) is 0. The van der Waals surface area contributed by atoms with Gasteiger partial charge in [0.15, 0.2) is 24.7 Å². The van der Waals surface area contributed by atoms with Gasteiger partial charge in [-0.25, -0.2) is 9.59 Å². The van der Waals surface area contributed by atoms with Gasteiger partial charge in [-0.2, -0.15) is 0 Å². The standard InChI is InChI=1S/C22H18N4O6/c27-21(23-15-7-3-1-4-8-15)29-13-17-11-19(25-31-17)20-12-18(32-26-20)14-30-22(28)24-16-9-5-2-6-10-16/h1-12H,13-14H2,(H,23,27)(H,24,28). The number of rotatable bonds is 7. The number of anilines is 2. The molecule has 0 atom stereocenters. The van der Waals surface area contributed by atoms with Crippen LogP contribution in [0.1, 0.15) is 11.5 Å². The summed E-state index contributed by atoms with van der Waals surface area (Å²) in [6.07, 6.45) is -1.24. The van der Waals surface area contributed by atoms with Gasteiger partial charge in [0.2, 0.25) is 0 Å². The number of aromatic nitrogens is 2. The van der Waals surface area contributed by atoms with Gasteiger partial charge in [-0.15, -0.1) is 0 Å². The number of carbonyl (C=O) groups excluding carboxylic acids is 2. The molecule has 10 nitrogen and oxygen atoms in total. The number of hydrogen-bond donors (Lipinski definition) is 2. The van der Waals surface area contributed by atoms with Gasteiger partial charge in [0.25, 0.3) is 0 Å². The molecule has 162 valence electrons. The summed E-state index contributed by atoms with van der Waals surface area (Å²) in [4.78, 5) is 23.7. The van der Waals surface area contributed by atoms with Gasteiger partial charge in [-0.1, -0.05) is 46.7 Å². The maximum atomic E-state index is 11.8. The Morgan fingerprint density at radius 2 is 1.09 bits per heavy atom. The van der Waals surface area contributed by atoms with Crippen LogP contribution in [0, 0.1) is 0 Å². The van der Waals surface area contributed by atoms with E-state index in [1.807, 2.05) is 12.1 Å². The van der Waals surface area contributed by atoms with E-state index in [0.717, 1.165) is 0 Å². The fourth-order valence-corrected chi connectivity index (χ4v) is 2.63. The Hall–Kier alpha value is -4.60. The molecule has 0 radical (unpaired) electrons. The maximum absolute atomic E-state index is 11.8. The predicted molar refractivity (Wildman–Crippen MR) is 112 cm³/mol. The monoisotopic (exact) mass is 434 g/mol. The molecule has 2 heterocycles. The van der Waals surface area contributed by atoms with Crippen molar-refractivity contribution in [3.63, 3.8) is 0 Å². The molecule has 0 fully saturated rings. The third-order valence-corrected chi connectivity index (χ3v) is 4.11. The first-order chi connectivity index (χ1) is 15.7. The summed E-state index contributed by atoms with van der Waals surface area (Å²) in [6.45, 7) is -0.224. The van der Waals surface area contributed by atoms with Crippen LogP contribution in [-0.4, -0.2) is 22.5 Å². The van der Waals surface area contributed by atoms with E-state index in [4.69, 9.17) is 18.5 Å². The Morgan fingerprint density at radius 1 is 0.688 bits per heavy atom. The lowest BCUT2D eigenvalue weighted by Crippen LogP contribution is -2.13. The number of para-hydroxylation sites is 2. The van der Waals surface area contributed by atoms with Gasteiger partial charge in [0.05, 0.1) is 0 Å². The molecule has 2 amide bonds. The van der Waals surface area contributed by atoms with Gasteiger partial charge in [0.1, 0.15) is 11.4 Å². The molecule has 0 saturated heterocycles. The van der Waals surface area contributed by atoms with Gasteiger partial charge in [0, 0.05) is 23.5 Å². The highest BCUT2D eigenvalue weighted by molar-refractivity contribution is 5.85. The largest absolute Gasteiger partial charge is 0.441 e. The summed E-state index contributed by atoms with van der Waals surface area (Å²) in [5.74, 6) is 0.650. The first-order valence-corrected chi connectivity index (χ1v) is 9.55. The molecule has 2 N–H and O–H groups in total. The highest BCUT2D eigenvalue weighted by Gasteiger charge is 2.14. The van der Waals surface area contributed by atoms with Crippen molar-refractivity contribution >= 4 is 23.6 Å². The zero-order chi connectivity index (χ0) is 22.2. The summed E-state index contributed by atoms with van der Waals surface area (Å²) < 4.78 is 20.5. The molecule has 10 heteroatoms. The lowest BCUT2D eigenvalue weighted by atomic mass is 10.3. The molecule has 0 bridgehead atoms. The Kier molecular flexibility index (Phi) is 6.42. The molecule has 0 aliphatic carbocycles. The van der Waals surface area contributed by atoms with E-state index in [1.54, 1.807) is 60.7 Å². The Labute approximate surface area is 182 Å². The molecule has 0 aliphatic heterocycles. The number of benzene rings is 2. The van der Waals surface area contributed by atoms with E-state index in [1.165, 1.54) is 0 Å². The second kappa shape index (κ2) is 9.94. The Balaban J connectivity index is 1.25. The maximum Gasteiger partial charge on any atom is 0.412 e. The van der Waals surface area contributed by atoms with E-state index in [2.05, 4.69) is 20.9 Å². The molecule has 0 unspecified atom stereocenters. The molecular formula is C22H18N4O6. The van der Waals surface area contributed by atoms with Crippen LogP contribution in [-0.2, 0) is 22.7 Å². The minimum Gasteiger partial charge on any atom is -0.441 e. The zero-order valence-corrected chi connectivity index (χ0v) is 16.7. The molecule has 4 aromatic rings. The molecule has 32 heavy (non-hydrogen) atoms. The normalized spacial score (nSPS) is 10.4. The van der Waals surface area contributed by atoms with Crippen molar-refractivity contribution in [2.75, 3.05) is 10.6 Å². The van der Waals surface area contributed by atoms with Crippen molar-refractivity contribution in [3.05, 3.63) is 84.3 Å². The lowest BCUT2D eigenvalue weighted by Gasteiger charge is -2.04. The summed E-state index contributed by atoms with van der Waals surface area (Å²) >= 11 is 0. The topological polar surface area (TPSA) is 129 Å². The number of nitrogens with one attached hydrogen (secondary N) is 2. The number of amides is 2. The first-order valence-electron chi connectivity index (χ1n) is 9.55. The molecular weight excluding hydrogens is 416 g/mol. The molecule has 2 aromatic carbocycles. The Morgan fingerprint density at radius 3 is 1.50 bits per heavy atom. The van der Waals surface area contributed by atoms with Gasteiger partial charge < -0.3 is 18.5 Å². The molecule has 0 aliphatic rings. The van der Waals surface area contributed by atoms with E-state index in [9.17, 15) is 9.59 Å². The first kappa shape index (κ1) is 20.7. The summed E-state index contributed by atoms with van der Waals surface area (Å²) in [6, 6.07) is 21.0. The number of ether oxygens (including phenoxy) is 2. The van der Waals surface area contributed by atoms with E-state index in [0.29, 0.717) is 34.3 Å². The fourth-order valence-electron chi connectivity index (χ4n) is 2.63. The van der Waals surface area contributed by atoms with Crippen LogP contribution < -0.4 is 10.6 Å². The second-order valence-electron chi connectivity index (χ2n) is 6.49.